The number of fused-ring (bicyclic) bond motifs is 1. The maximum Gasteiger partial charge on any atom is 0.107 e. The van der Waals surface area contributed by atoms with Crippen LogP contribution in [0.25, 0.3) is 0 Å². The average Bonchev–Trinajstić information content (AvgIpc) is 3.30. The topological polar surface area (TPSA) is 53.9 Å². The van der Waals surface area contributed by atoms with Gasteiger partial charge in [0.2, 0.25) is 0 Å². The van der Waals surface area contributed by atoms with E-state index in [1.54, 1.807) is 11.3 Å². The second kappa shape index (κ2) is 11.5. The van der Waals surface area contributed by atoms with Crippen molar-refractivity contribution < 1.29 is 0 Å². The number of hydrogen-bond acceptors (Lipinski definition) is 6. The van der Waals surface area contributed by atoms with Gasteiger partial charge in [0.15, 0.2) is 0 Å². The molecule has 1 atom stereocenters. The molecule has 0 aliphatic heterocycles. The predicted molar refractivity (Wildman–Crippen MR) is 137 cm³/mol. The van der Waals surface area contributed by atoms with E-state index < -0.39 is 0 Å². The van der Waals surface area contributed by atoms with Crippen molar-refractivity contribution >= 4 is 11.3 Å². The molecule has 174 valence electrons. The third-order valence-electron chi connectivity index (χ3n) is 6.45. The molecule has 3 aromatic heterocycles. The van der Waals surface area contributed by atoms with Crippen molar-refractivity contribution in [3.05, 3.63) is 112 Å². The Kier molecular flexibility index (Phi) is 7.71. The van der Waals surface area contributed by atoms with Gasteiger partial charge in [0.05, 0.1) is 24.0 Å². The zero-order chi connectivity index (χ0) is 23.0. The Labute approximate surface area is 205 Å². The fourth-order valence-corrected chi connectivity index (χ4v) is 5.36. The molecule has 1 aliphatic carbocycles. The van der Waals surface area contributed by atoms with Gasteiger partial charge in [0.25, 0.3) is 0 Å². The van der Waals surface area contributed by atoms with Crippen LogP contribution in [-0.2, 0) is 32.6 Å². The predicted octanol–water partition coefficient (Wildman–Crippen LogP) is 5.69. The lowest BCUT2D eigenvalue weighted by atomic mass is 10.0. The van der Waals surface area contributed by atoms with E-state index in [9.17, 15) is 0 Å². The molecule has 1 N–H and O–H groups in total. The summed E-state index contributed by atoms with van der Waals surface area (Å²) < 4.78 is 0. The first-order chi connectivity index (χ1) is 16.8. The highest BCUT2D eigenvalue weighted by Gasteiger charge is 2.26. The van der Waals surface area contributed by atoms with Crippen molar-refractivity contribution in [2.24, 2.45) is 0 Å². The van der Waals surface area contributed by atoms with Crippen molar-refractivity contribution in [2.75, 3.05) is 0 Å². The maximum absolute atomic E-state index is 4.85. The number of thiazole rings is 1. The molecule has 0 radical (unpaired) electrons. The molecule has 0 spiro atoms. The van der Waals surface area contributed by atoms with Gasteiger partial charge in [-0.25, -0.2) is 4.98 Å². The molecule has 0 bridgehead atoms. The Bertz CT molecular complexity index is 1150. The molecule has 5 nitrogen and oxygen atoms in total. The summed E-state index contributed by atoms with van der Waals surface area (Å²) in [6, 6.07) is 19.7. The van der Waals surface area contributed by atoms with Gasteiger partial charge < -0.3 is 5.32 Å². The second-order valence-corrected chi connectivity index (χ2v) is 9.86. The number of nitrogens with one attached hydrogen (secondary N) is 1. The van der Waals surface area contributed by atoms with Gasteiger partial charge >= 0.3 is 0 Å². The van der Waals surface area contributed by atoms with Gasteiger partial charge in [-0.2, -0.15) is 0 Å². The fraction of sp³-hybridized carbons (Fsp3) is 0.321. The third-order valence-corrected chi connectivity index (χ3v) is 7.21. The number of hydrogen-bond donors (Lipinski definition) is 1. The van der Waals surface area contributed by atoms with Crippen molar-refractivity contribution in [2.45, 2.75) is 57.9 Å². The van der Waals surface area contributed by atoms with Crippen molar-refractivity contribution in [3.8, 4) is 0 Å². The van der Waals surface area contributed by atoms with Gasteiger partial charge in [-0.15, -0.1) is 11.3 Å². The first-order valence-corrected chi connectivity index (χ1v) is 13.0. The standard InChI is InChI=1S/C28H31N5S/c1-2-9-26(28-24(6-1)7-5-15-32-28)33(21-27-31-16-17-34-27)20-23-12-10-22(11-13-23)18-29-19-25-8-3-4-14-30-25/h3-5,7-8,10-17,26,29H,1-2,6,9,18-21H2. The molecule has 6 heteroatoms. The Morgan fingerprint density at radius 2 is 1.71 bits per heavy atom. The minimum atomic E-state index is 0.322. The van der Waals surface area contributed by atoms with E-state index in [-0.39, 0.29) is 0 Å². The lowest BCUT2D eigenvalue weighted by Crippen LogP contribution is -2.29. The van der Waals surface area contributed by atoms with Gasteiger partial charge in [-0.1, -0.05) is 42.8 Å². The number of pyridine rings is 2. The molecular weight excluding hydrogens is 438 g/mol. The number of rotatable bonds is 9. The molecule has 4 aromatic rings. The van der Waals surface area contributed by atoms with Crippen molar-refractivity contribution in [1.29, 1.82) is 0 Å². The Balaban J connectivity index is 1.29. The van der Waals surface area contributed by atoms with E-state index in [4.69, 9.17) is 4.98 Å². The van der Waals surface area contributed by atoms with E-state index >= 15 is 0 Å². The highest BCUT2D eigenvalue weighted by atomic mass is 32.1. The zero-order valence-corrected chi connectivity index (χ0v) is 20.3. The summed E-state index contributed by atoms with van der Waals surface area (Å²) in [4.78, 5) is 16.4. The van der Waals surface area contributed by atoms with Crippen LogP contribution in [0, 0.1) is 0 Å². The van der Waals surface area contributed by atoms with E-state index in [0.717, 1.165) is 49.7 Å². The summed E-state index contributed by atoms with van der Waals surface area (Å²) in [6.45, 7) is 3.35. The lowest BCUT2D eigenvalue weighted by molar-refractivity contribution is 0.165. The first kappa shape index (κ1) is 22.8. The summed E-state index contributed by atoms with van der Waals surface area (Å²) in [7, 11) is 0. The van der Waals surface area contributed by atoms with E-state index in [1.165, 1.54) is 35.2 Å². The Hall–Kier alpha value is -2.93. The van der Waals surface area contributed by atoms with E-state index in [1.807, 2.05) is 36.8 Å². The van der Waals surface area contributed by atoms with Crippen LogP contribution in [0.1, 0.15) is 58.4 Å². The zero-order valence-electron chi connectivity index (χ0n) is 19.4. The molecular formula is C28H31N5S. The maximum atomic E-state index is 4.85. The first-order valence-electron chi connectivity index (χ1n) is 12.1. The van der Waals surface area contributed by atoms with Crippen molar-refractivity contribution in [1.82, 2.24) is 25.2 Å². The summed E-state index contributed by atoms with van der Waals surface area (Å²) in [6.07, 6.45) is 10.4. The van der Waals surface area contributed by atoms with Crippen molar-refractivity contribution in [3.63, 3.8) is 0 Å². The van der Waals surface area contributed by atoms with Crippen LogP contribution in [0.2, 0.25) is 0 Å². The monoisotopic (exact) mass is 469 g/mol. The van der Waals surface area contributed by atoms with Crippen LogP contribution in [0.3, 0.4) is 0 Å². The molecule has 1 aliphatic rings. The normalized spacial score (nSPS) is 15.7. The summed E-state index contributed by atoms with van der Waals surface area (Å²) >= 11 is 1.74. The molecule has 0 fully saturated rings. The number of aryl methyl sites for hydroxylation is 1. The SMILES string of the molecule is c1ccc(CNCc2ccc(CN(Cc3nccs3)C3CCCCc4cccnc43)cc2)nc1. The van der Waals surface area contributed by atoms with E-state index in [0.29, 0.717) is 6.04 Å². The lowest BCUT2D eigenvalue weighted by Gasteiger charge is -2.31. The highest BCUT2D eigenvalue weighted by Crippen LogP contribution is 2.34. The minimum absolute atomic E-state index is 0.322. The Morgan fingerprint density at radius 3 is 2.53 bits per heavy atom. The molecule has 34 heavy (non-hydrogen) atoms. The molecule has 0 amide bonds. The van der Waals surface area contributed by atoms with Gasteiger partial charge in [-0.3, -0.25) is 14.9 Å². The summed E-state index contributed by atoms with van der Waals surface area (Å²) in [5.41, 5.74) is 6.34. The average molecular weight is 470 g/mol. The van der Waals surface area contributed by atoms with Crippen LogP contribution in [0.4, 0.5) is 0 Å². The largest absolute Gasteiger partial charge is 0.307 e. The minimum Gasteiger partial charge on any atom is -0.307 e. The number of nitrogens with zero attached hydrogens (tertiary/aromatic N) is 4. The fourth-order valence-electron chi connectivity index (χ4n) is 4.72. The molecule has 3 heterocycles. The van der Waals surface area contributed by atoms with Crippen LogP contribution in [0.15, 0.2) is 78.6 Å². The highest BCUT2D eigenvalue weighted by molar-refractivity contribution is 7.09. The smallest absolute Gasteiger partial charge is 0.107 e. The van der Waals surface area contributed by atoms with Crippen LogP contribution >= 0.6 is 11.3 Å². The molecule has 0 saturated heterocycles. The second-order valence-electron chi connectivity index (χ2n) is 8.88. The Morgan fingerprint density at radius 1 is 0.824 bits per heavy atom. The van der Waals surface area contributed by atoms with E-state index in [2.05, 4.69) is 62.0 Å². The molecule has 5 rings (SSSR count). The molecule has 1 unspecified atom stereocenters. The number of aromatic nitrogens is 3. The van der Waals surface area contributed by atoms with Gasteiger partial charge in [0.1, 0.15) is 5.01 Å². The van der Waals surface area contributed by atoms with Crippen LogP contribution < -0.4 is 5.32 Å². The van der Waals surface area contributed by atoms with Crippen LogP contribution in [0.5, 0.6) is 0 Å². The van der Waals surface area contributed by atoms with Gasteiger partial charge in [-0.05, 0) is 54.2 Å². The summed E-state index contributed by atoms with van der Waals surface area (Å²) in [5, 5.41) is 6.72. The third kappa shape index (κ3) is 5.95. The summed E-state index contributed by atoms with van der Waals surface area (Å²) in [5.74, 6) is 0. The van der Waals surface area contributed by atoms with Gasteiger partial charge in [0, 0.05) is 43.6 Å². The molecule has 1 aromatic carbocycles. The molecule has 0 saturated carbocycles. The quantitative estimate of drug-likeness (QED) is 0.319. The number of benzene rings is 1. The van der Waals surface area contributed by atoms with Crippen LogP contribution in [-0.4, -0.2) is 19.9 Å².